The number of carbonyl (C=O) groups is 1. The highest BCUT2D eigenvalue weighted by Crippen LogP contribution is 2.35. The van der Waals surface area contributed by atoms with E-state index in [1.807, 2.05) is 11.9 Å². The summed E-state index contributed by atoms with van der Waals surface area (Å²) in [6.07, 6.45) is -2.16. The minimum Gasteiger partial charge on any atom is -0.379 e. The molecule has 1 fully saturated rings. The number of nitrogens with one attached hydrogen (secondary N) is 2. The molecule has 3 aromatic heterocycles. The van der Waals surface area contributed by atoms with E-state index in [4.69, 9.17) is 4.52 Å². The number of hydrogen-bond donors (Lipinski definition) is 2. The molecule has 13 heteroatoms. The summed E-state index contributed by atoms with van der Waals surface area (Å²) in [5.74, 6) is -0.462. The van der Waals surface area contributed by atoms with Crippen molar-refractivity contribution >= 4 is 22.5 Å². The molecule has 1 saturated heterocycles. The van der Waals surface area contributed by atoms with E-state index in [1.54, 1.807) is 30.3 Å². The third-order valence-electron chi connectivity index (χ3n) is 6.39. The van der Waals surface area contributed by atoms with Gasteiger partial charge in [0.25, 0.3) is 5.91 Å². The van der Waals surface area contributed by atoms with Gasteiger partial charge in [0.05, 0.1) is 29.4 Å². The van der Waals surface area contributed by atoms with E-state index >= 15 is 0 Å². The van der Waals surface area contributed by atoms with Gasteiger partial charge in [-0.05, 0) is 43.8 Å². The Hall–Kier alpha value is -4.00. The molecule has 4 heterocycles. The van der Waals surface area contributed by atoms with Crippen LogP contribution in [-0.2, 0) is 13.1 Å². The summed E-state index contributed by atoms with van der Waals surface area (Å²) < 4.78 is 61.7. The number of fused-ring (bicyclic) bond motifs is 1. The van der Waals surface area contributed by atoms with Gasteiger partial charge in [-0.25, -0.2) is 4.39 Å². The van der Waals surface area contributed by atoms with Gasteiger partial charge < -0.3 is 24.6 Å². The summed E-state index contributed by atoms with van der Waals surface area (Å²) in [4.78, 5) is 22.3. The maximum Gasteiger partial charge on any atom is 0.406 e. The number of halogens is 4. The summed E-state index contributed by atoms with van der Waals surface area (Å²) in [5, 5.41) is 10.1. The van der Waals surface area contributed by atoms with E-state index < -0.39 is 30.8 Å². The van der Waals surface area contributed by atoms with E-state index in [9.17, 15) is 22.4 Å². The number of piperidine rings is 1. The number of nitrogens with zero attached hydrogens (tertiary/aromatic N) is 5. The van der Waals surface area contributed by atoms with Crippen molar-refractivity contribution in [3.8, 4) is 11.5 Å². The molecule has 4 aromatic rings. The lowest BCUT2D eigenvalue weighted by Crippen LogP contribution is -2.46. The van der Waals surface area contributed by atoms with Gasteiger partial charge in [0, 0.05) is 36.6 Å². The number of pyridine rings is 1. The van der Waals surface area contributed by atoms with E-state index in [2.05, 4.69) is 25.8 Å². The average molecular weight is 532 g/mol. The van der Waals surface area contributed by atoms with Gasteiger partial charge in [-0.2, -0.15) is 18.2 Å². The molecule has 1 aliphatic heterocycles. The molecule has 0 bridgehead atoms. The molecule has 1 aliphatic rings. The summed E-state index contributed by atoms with van der Waals surface area (Å²) in [6, 6.07) is 9.17. The fourth-order valence-electron chi connectivity index (χ4n) is 4.55. The smallest absolute Gasteiger partial charge is 0.379 e. The summed E-state index contributed by atoms with van der Waals surface area (Å²) in [5.41, 5.74) is 1.23. The van der Waals surface area contributed by atoms with Crippen LogP contribution in [0.3, 0.4) is 0 Å². The number of aromatic nitrogens is 4. The molecule has 1 aromatic carbocycles. The second-order valence-electron chi connectivity index (χ2n) is 9.22. The van der Waals surface area contributed by atoms with Crippen LogP contribution in [-0.4, -0.2) is 69.0 Å². The molecule has 0 unspecified atom stereocenters. The van der Waals surface area contributed by atoms with Crippen molar-refractivity contribution in [1.82, 2.24) is 29.9 Å². The highest BCUT2D eigenvalue weighted by atomic mass is 19.4. The van der Waals surface area contributed by atoms with Crippen LogP contribution in [0.4, 0.5) is 23.2 Å². The van der Waals surface area contributed by atoms with Gasteiger partial charge in [0.15, 0.2) is 0 Å². The zero-order valence-electron chi connectivity index (χ0n) is 20.4. The van der Waals surface area contributed by atoms with Crippen molar-refractivity contribution in [1.29, 1.82) is 0 Å². The highest BCUT2D eigenvalue weighted by molar-refractivity contribution is 5.96. The molecule has 0 saturated carbocycles. The molecule has 9 nitrogen and oxygen atoms in total. The SMILES string of the molecule is CN1CC[C@@H](Nc2cccc3c2cc(-c2noc(CNC(=O)c4cccnc4)n2)n3CC(F)(F)F)[C@@H](F)C1. The average Bonchev–Trinajstić information content (AvgIpc) is 3.49. The Bertz CT molecular complexity index is 1420. The zero-order valence-corrected chi connectivity index (χ0v) is 20.4. The maximum atomic E-state index is 14.7. The van der Waals surface area contributed by atoms with Gasteiger partial charge >= 0.3 is 6.18 Å². The number of carbonyl (C=O) groups excluding carboxylic acids is 1. The van der Waals surface area contributed by atoms with Crippen LogP contribution in [0.2, 0.25) is 0 Å². The number of amides is 1. The molecular weight excluding hydrogens is 506 g/mol. The normalized spacial score (nSPS) is 18.6. The van der Waals surface area contributed by atoms with Crippen LogP contribution in [0.5, 0.6) is 0 Å². The Labute approximate surface area is 214 Å². The first-order chi connectivity index (χ1) is 18.2. The quantitative estimate of drug-likeness (QED) is 0.347. The third kappa shape index (κ3) is 5.62. The maximum absolute atomic E-state index is 14.7. The number of benzene rings is 1. The second-order valence-corrected chi connectivity index (χ2v) is 9.22. The standard InChI is InChI=1S/C25H25F4N7O2/c1-35-9-7-19(17(26)13-35)32-18-5-2-6-20-16(18)10-21(36(20)14-25(27,28)29)23-33-22(38-34-23)12-31-24(37)15-4-3-8-30-11-15/h2-6,8,10-11,17,19,32H,7,9,12-14H2,1H3,(H,31,37)/t17-,19+/m0/s1. The predicted molar refractivity (Wildman–Crippen MR) is 131 cm³/mol. The van der Waals surface area contributed by atoms with Gasteiger partial charge in [0.1, 0.15) is 12.7 Å². The Balaban J connectivity index is 1.44. The van der Waals surface area contributed by atoms with Gasteiger partial charge in [-0.15, -0.1) is 0 Å². The van der Waals surface area contributed by atoms with Crippen LogP contribution in [0.25, 0.3) is 22.4 Å². The summed E-state index contributed by atoms with van der Waals surface area (Å²) >= 11 is 0. The molecule has 38 heavy (non-hydrogen) atoms. The van der Waals surface area contributed by atoms with Crippen molar-refractivity contribution < 1.29 is 26.9 Å². The molecule has 0 radical (unpaired) electrons. The zero-order chi connectivity index (χ0) is 26.9. The van der Waals surface area contributed by atoms with Crippen molar-refractivity contribution in [2.75, 3.05) is 25.5 Å². The number of hydrogen-bond acceptors (Lipinski definition) is 7. The first-order valence-corrected chi connectivity index (χ1v) is 12.0. The lowest BCUT2D eigenvalue weighted by molar-refractivity contribution is -0.139. The Morgan fingerprint density at radius 2 is 2.08 bits per heavy atom. The van der Waals surface area contributed by atoms with E-state index in [0.717, 1.165) is 4.57 Å². The first kappa shape index (κ1) is 25.6. The van der Waals surface area contributed by atoms with Crippen LogP contribution in [0.15, 0.2) is 53.3 Å². The van der Waals surface area contributed by atoms with Gasteiger partial charge in [-0.3, -0.25) is 9.78 Å². The molecule has 2 N–H and O–H groups in total. The molecule has 200 valence electrons. The molecule has 0 spiro atoms. The molecule has 0 aliphatic carbocycles. The van der Waals surface area contributed by atoms with Crippen LogP contribution >= 0.6 is 0 Å². The third-order valence-corrected chi connectivity index (χ3v) is 6.39. The van der Waals surface area contributed by atoms with Crippen molar-refractivity contribution in [3.05, 3.63) is 60.2 Å². The van der Waals surface area contributed by atoms with E-state index in [0.29, 0.717) is 35.1 Å². The van der Waals surface area contributed by atoms with E-state index in [1.165, 1.54) is 18.5 Å². The Morgan fingerprint density at radius 3 is 2.82 bits per heavy atom. The molecule has 2 atom stereocenters. The fourth-order valence-corrected chi connectivity index (χ4v) is 4.55. The number of rotatable bonds is 7. The summed E-state index contributed by atoms with van der Waals surface area (Å²) in [6.45, 7) is -0.424. The van der Waals surface area contributed by atoms with Crippen LogP contribution in [0.1, 0.15) is 22.7 Å². The Morgan fingerprint density at radius 1 is 1.24 bits per heavy atom. The highest BCUT2D eigenvalue weighted by Gasteiger charge is 2.32. The minimum absolute atomic E-state index is 0.0194. The van der Waals surface area contributed by atoms with Crippen LogP contribution < -0.4 is 10.6 Å². The van der Waals surface area contributed by atoms with E-state index in [-0.39, 0.29) is 30.5 Å². The topological polar surface area (TPSA) is 101 Å². The minimum atomic E-state index is -4.52. The fraction of sp³-hybridized carbons (Fsp3) is 0.360. The number of likely N-dealkylation sites (tertiary alicyclic amines) is 1. The lowest BCUT2D eigenvalue weighted by atomic mass is 10.0. The number of anilines is 1. The molecule has 5 rings (SSSR count). The Kier molecular flexibility index (Phi) is 7.02. The second kappa shape index (κ2) is 10.4. The monoisotopic (exact) mass is 531 g/mol. The van der Waals surface area contributed by atoms with Crippen LogP contribution in [0, 0.1) is 0 Å². The van der Waals surface area contributed by atoms with Gasteiger partial charge in [0.2, 0.25) is 11.7 Å². The number of alkyl halides is 4. The first-order valence-electron chi connectivity index (χ1n) is 12.0. The lowest BCUT2D eigenvalue weighted by Gasteiger charge is -2.33. The van der Waals surface area contributed by atoms with Crippen molar-refractivity contribution in [2.45, 2.75) is 37.9 Å². The van der Waals surface area contributed by atoms with Crippen molar-refractivity contribution in [2.24, 2.45) is 0 Å². The summed E-state index contributed by atoms with van der Waals surface area (Å²) in [7, 11) is 1.84. The van der Waals surface area contributed by atoms with Gasteiger partial charge in [-0.1, -0.05) is 11.2 Å². The molecule has 1 amide bonds. The molecular formula is C25H25F4N7O2. The predicted octanol–water partition coefficient (Wildman–Crippen LogP) is 4.03. The van der Waals surface area contributed by atoms with Crippen molar-refractivity contribution in [3.63, 3.8) is 0 Å². The largest absolute Gasteiger partial charge is 0.406 e.